The predicted octanol–water partition coefficient (Wildman–Crippen LogP) is 4.17. The summed E-state index contributed by atoms with van der Waals surface area (Å²) in [6.45, 7) is 8.39. The Balaban J connectivity index is 0.000000531. The van der Waals surface area contributed by atoms with Crippen LogP contribution in [0.2, 0.25) is 0 Å². The molecule has 0 fully saturated rings. The topological polar surface area (TPSA) is 20.2 Å². The van der Waals surface area contributed by atoms with Crippen molar-refractivity contribution in [2.75, 3.05) is 0 Å². The predicted molar refractivity (Wildman–Crippen MR) is 65.5 cm³/mol. The van der Waals surface area contributed by atoms with Gasteiger partial charge in [-0.25, -0.2) is 0 Å². The van der Waals surface area contributed by atoms with Crippen molar-refractivity contribution in [3.05, 3.63) is 28.8 Å². The van der Waals surface area contributed by atoms with Gasteiger partial charge in [0.1, 0.15) is 5.75 Å². The summed E-state index contributed by atoms with van der Waals surface area (Å²) < 4.78 is 0. The van der Waals surface area contributed by atoms with E-state index in [1.54, 1.807) is 0 Å². The van der Waals surface area contributed by atoms with Crippen molar-refractivity contribution in [3.63, 3.8) is 0 Å². The minimum Gasteiger partial charge on any atom is -0.508 e. The lowest BCUT2D eigenvalue weighted by Crippen LogP contribution is -2.08. The third-order valence-corrected chi connectivity index (χ3v) is 3.11. The molecule has 1 unspecified atom stereocenters. The number of benzene rings is 1. The highest BCUT2D eigenvalue weighted by Gasteiger charge is 2.20. The smallest absolute Gasteiger partial charge is 0.119 e. The van der Waals surface area contributed by atoms with Crippen LogP contribution in [0.25, 0.3) is 0 Å². The molecule has 0 aliphatic heterocycles. The molecule has 0 heterocycles. The van der Waals surface area contributed by atoms with Gasteiger partial charge in [-0.1, -0.05) is 26.8 Å². The average molecular weight is 206 g/mol. The lowest BCUT2D eigenvalue weighted by molar-refractivity contribution is 0.456. The molecule has 0 bridgehead atoms. The molecule has 1 atom stereocenters. The fourth-order valence-corrected chi connectivity index (χ4v) is 2.45. The maximum Gasteiger partial charge on any atom is 0.119 e. The first-order chi connectivity index (χ1) is 7.20. The molecule has 0 radical (unpaired) electrons. The number of fused-ring (bicyclic) bond motifs is 1. The summed E-state index contributed by atoms with van der Waals surface area (Å²) >= 11 is 0. The monoisotopic (exact) mass is 206 g/mol. The Morgan fingerprint density at radius 1 is 1.27 bits per heavy atom. The van der Waals surface area contributed by atoms with Crippen LogP contribution in [0, 0.1) is 6.92 Å². The number of hydrogen-bond acceptors (Lipinski definition) is 1. The average Bonchev–Trinajstić information content (AvgIpc) is 2.26. The van der Waals surface area contributed by atoms with Gasteiger partial charge in [0.15, 0.2) is 0 Å². The first-order valence-electron chi connectivity index (χ1n) is 6.01. The quantitative estimate of drug-likeness (QED) is 0.675. The summed E-state index contributed by atoms with van der Waals surface area (Å²) in [5.41, 5.74) is 3.92. The summed E-state index contributed by atoms with van der Waals surface area (Å²) in [7, 11) is 0. The van der Waals surface area contributed by atoms with Gasteiger partial charge >= 0.3 is 0 Å². The van der Waals surface area contributed by atoms with Gasteiger partial charge in [0.2, 0.25) is 0 Å². The lowest BCUT2D eigenvalue weighted by atomic mass is 9.81. The molecule has 1 nitrogen and oxygen atoms in total. The summed E-state index contributed by atoms with van der Waals surface area (Å²) in [5.74, 6) is 1.11. The Morgan fingerprint density at radius 2 is 1.93 bits per heavy atom. The maximum atomic E-state index is 9.70. The van der Waals surface area contributed by atoms with Crippen LogP contribution in [0.4, 0.5) is 0 Å². The molecule has 0 aromatic heterocycles. The molecular weight excluding hydrogens is 184 g/mol. The zero-order chi connectivity index (χ0) is 11.4. The highest BCUT2D eigenvalue weighted by molar-refractivity contribution is 5.46. The van der Waals surface area contributed by atoms with Gasteiger partial charge in [-0.2, -0.15) is 0 Å². The standard InChI is InChI=1S/C12H16O.C2H6/c1-8-4-3-5-10-11(13)7-6-9(2)12(8)10;1-2/h6-8,13H,3-5H2,1-2H3;1-2H3. The summed E-state index contributed by atoms with van der Waals surface area (Å²) in [6.07, 6.45) is 3.52. The van der Waals surface area contributed by atoms with E-state index < -0.39 is 0 Å². The summed E-state index contributed by atoms with van der Waals surface area (Å²) in [5, 5.41) is 9.70. The molecule has 84 valence electrons. The summed E-state index contributed by atoms with van der Waals surface area (Å²) in [4.78, 5) is 0. The molecule has 1 aromatic carbocycles. The van der Waals surface area contributed by atoms with Crippen LogP contribution in [-0.4, -0.2) is 5.11 Å². The van der Waals surface area contributed by atoms with Crippen molar-refractivity contribution in [1.82, 2.24) is 0 Å². The van der Waals surface area contributed by atoms with Gasteiger partial charge in [-0.15, -0.1) is 0 Å². The van der Waals surface area contributed by atoms with Crippen LogP contribution < -0.4 is 0 Å². The van der Waals surface area contributed by atoms with Crippen molar-refractivity contribution in [1.29, 1.82) is 0 Å². The number of phenolic OH excluding ortho intramolecular Hbond substituents is 1. The fourth-order valence-electron chi connectivity index (χ4n) is 2.45. The van der Waals surface area contributed by atoms with E-state index in [2.05, 4.69) is 13.8 Å². The van der Waals surface area contributed by atoms with E-state index >= 15 is 0 Å². The number of aryl methyl sites for hydroxylation is 1. The lowest BCUT2D eigenvalue weighted by Gasteiger charge is -2.24. The Hall–Kier alpha value is -0.980. The third kappa shape index (κ3) is 2.34. The van der Waals surface area contributed by atoms with Crippen molar-refractivity contribution in [2.24, 2.45) is 0 Å². The van der Waals surface area contributed by atoms with Gasteiger partial charge < -0.3 is 5.11 Å². The first kappa shape index (κ1) is 12.1. The van der Waals surface area contributed by atoms with E-state index in [1.807, 2.05) is 26.0 Å². The second kappa shape index (κ2) is 5.20. The van der Waals surface area contributed by atoms with Gasteiger partial charge in [0, 0.05) is 0 Å². The van der Waals surface area contributed by atoms with Crippen LogP contribution >= 0.6 is 0 Å². The zero-order valence-corrected chi connectivity index (χ0v) is 10.3. The first-order valence-corrected chi connectivity index (χ1v) is 6.01. The molecule has 0 saturated heterocycles. The molecule has 0 spiro atoms. The second-order valence-electron chi connectivity index (χ2n) is 4.09. The Labute approximate surface area is 93.1 Å². The van der Waals surface area contributed by atoms with Gasteiger partial charge in [-0.3, -0.25) is 0 Å². The number of aromatic hydroxyl groups is 1. The van der Waals surface area contributed by atoms with Crippen molar-refractivity contribution in [2.45, 2.75) is 52.9 Å². The molecule has 2 rings (SSSR count). The minimum absolute atomic E-state index is 0.493. The van der Waals surface area contributed by atoms with Crippen LogP contribution in [-0.2, 0) is 6.42 Å². The van der Waals surface area contributed by atoms with E-state index in [4.69, 9.17) is 0 Å². The van der Waals surface area contributed by atoms with Crippen LogP contribution in [0.1, 0.15) is 56.2 Å². The molecular formula is C14H22O. The van der Waals surface area contributed by atoms with Gasteiger partial charge in [0.25, 0.3) is 0 Å². The highest BCUT2D eigenvalue weighted by Crippen LogP contribution is 2.37. The zero-order valence-electron chi connectivity index (χ0n) is 10.3. The minimum atomic E-state index is 0.493. The van der Waals surface area contributed by atoms with E-state index in [1.165, 1.54) is 29.5 Å². The molecule has 15 heavy (non-hydrogen) atoms. The Morgan fingerprint density at radius 3 is 2.53 bits per heavy atom. The van der Waals surface area contributed by atoms with E-state index in [0.717, 1.165) is 6.42 Å². The van der Waals surface area contributed by atoms with Gasteiger partial charge in [-0.05, 0) is 54.9 Å². The van der Waals surface area contributed by atoms with Crippen molar-refractivity contribution >= 4 is 0 Å². The van der Waals surface area contributed by atoms with Gasteiger partial charge in [0.05, 0.1) is 0 Å². The molecule has 0 saturated carbocycles. The van der Waals surface area contributed by atoms with Crippen LogP contribution in [0.15, 0.2) is 12.1 Å². The molecule has 1 aliphatic rings. The summed E-state index contributed by atoms with van der Waals surface area (Å²) in [6, 6.07) is 3.85. The normalized spacial score (nSPS) is 18.8. The molecule has 1 heteroatoms. The largest absolute Gasteiger partial charge is 0.508 e. The molecule has 1 N–H and O–H groups in total. The van der Waals surface area contributed by atoms with Crippen molar-refractivity contribution < 1.29 is 5.11 Å². The molecule has 0 amide bonds. The van der Waals surface area contributed by atoms with Crippen LogP contribution in [0.3, 0.4) is 0 Å². The van der Waals surface area contributed by atoms with E-state index in [0.29, 0.717) is 11.7 Å². The van der Waals surface area contributed by atoms with Crippen LogP contribution in [0.5, 0.6) is 5.75 Å². The van der Waals surface area contributed by atoms with E-state index in [-0.39, 0.29) is 0 Å². The molecule has 1 aromatic rings. The van der Waals surface area contributed by atoms with Crippen molar-refractivity contribution in [3.8, 4) is 5.75 Å². The Bertz CT molecular complexity index is 328. The second-order valence-corrected chi connectivity index (χ2v) is 4.09. The number of phenols is 1. The Kier molecular flexibility index (Phi) is 4.19. The highest BCUT2D eigenvalue weighted by atomic mass is 16.3. The fraction of sp³-hybridized carbons (Fsp3) is 0.571. The SMILES string of the molecule is CC.Cc1ccc(O)c2c1C(C)CCC2. The number of rotatable bonds is 0. The molecule has 1 aliphatic carbocycles. The third-order valence-electron chi connectivity index (χ3n) is 3.11. The number of hydrogen-bond donors (Lipinski definition) is 1. The van der Waals surface area contributed by atoms with E-state index in [9.17, 15) is 5.11 Å². The maximum absolute atomic E-state index is 9.70.